The number of ether oxygens (including phenoxy) is 3. The van der Waals surface area contributed by atoms with Crippen molar-refractivity contribution < 1.29 is 19.0 Å². The van der Waals surface area contributed by atoms with Crippen molar-refractivity contribution in [2.75, 3.05) is 19.8 Å². The molecule has 2 aromatic carbocycles. The Labute approximate surface area is 174 Å². The summed E-state index contributed by atoms with van der Waals surface area (Å²) in [5.41, 5.74) is 3.21. The van der Waals surface area contributed by atoms with Gasteiger partial charge in [-0.3, -0.25) is 4.79 Å². The van der Waals surface area contributed by atoms with Gasteiger partial charge < -0.3 is 14.2 Å². The molecule has 0 heterocycles. The van der Waals surface area contributed by atoms with Crippen molar-refractivity contribution in [2.45, 2.75) is 26.7 Å². The number of halogens is 1. The second-order valence-electron chi connectivity index (χ2n) is 5.87. The SMILES string of the molecule is CCCCOc1ccc(OCC(=O)N/N=C\c2cc(Br)ccc2OCC)cc1. The van der Waals surface area contributed by atoms with E-state index in [1.807, 2.05) is 37.3 Å². The van der Waals surface area contributed by atoms with Crippen LogP contribution in [0.2, 0.25) is 0 Å². The van der Waals surface area contributed by atoms with Crippen molar-refractivity contribution in [2.24, 2.45) is 5.10 Å². The topological polar surface area (TPSA) is 69.2 Å². The van der Waals surface area contributed by atoms with Crippen LogP contribution in [0.4, 0.5) is 0 Å². The number of hydrogen-bond donors (Lipinski definition) is 1. The average molecular weight is 449 g/mol. The van der Waals surface area contributed by atoms with Crippen molar-refractivity contribution in [1.82, 2.24) is 5.43 Å². The smallest absolute Gasteiger partial charge is 0.277 e. The fourth-order valence-corrected chi connectivity index (χ4v) is 2.61. The van der Waals surface area contributed by atoms with E-state index < -0.39 is 0 Å². The van der Waals surface area contributed by atoms with Crippen LogP contribution < -0.4 is 19.6 Å². The minimum Gasteiger partial charge on any atom is -0.494 e. The van der Waals surface area contributed by atoms with E-state index >= 15 is 0 Å². The Hall–Kier alpha value is -2.54. The molecule has 150 valence electrons. The van der Waals surface area contributed by atoms with Crippen LogP contribution in [0.3, 0.4) is 0 Å². The Morgan fingerprint density at radius 2 is 1.79 bits per heavy atom. The monoisotopic (exact) mass is 448 g/mol. The first kappa shape index (κ1) is 21.8. The molecule has 0 saturated heterocycles. The van der Waals surface area contributed by atoms with Gasteiger partial charge in [0, 0.05) is 10.0 Å². The summed E-state index contributed by atoms with van der Waals surface area (Å²) in [5, 5.41) is 3.97. The molecule has 1 amide bonds. The first-order valence-corrected chi connectivity index (χ1v) is 10.0. The molecule has 0 aromatic heterocycles. The summed E-state index contributed by atoms with van der Waals surface area (Å²) in [6.45, 7) is 5.13. The predicted octanol–water partition coefficient (Wildman–Crippen LogP) is 4.56. The maximum Gasteiger partial charge on any atom is 0.277 e. The van der Waals surface area contributed by atoms with E-state index in [9.17, 15) is 4.79 Å². The zero-order valence-electron chi connectivity index (χ0n) is 16.1. The zero-order valence-corrected chi connectivity index (χ0v) is 17.7. The van der Waals surface area contributed by atoms with Crippen LogP contribution in [0.1, 0.15) is 32.3 Å². The van der Waals surface area contributed by atoms with E-state index in [-0.39, 0.29) is 12.5 Å². The van der Waals surface area contributed by atoms with Crippen LogP contribution in [0, 0.1) is 0 Å². The summed E-state index contributed by atoms with van der Waals surface area (Å²) >= 11 is 3.41. The summed E-state index contributed by atoms with van der Waals surface area (Å²) in [5.74, 6) is 1.72. The lowest BCUT2D eigenvalue weighted by molar-refractivity contribution is -0.123. The molecule has 0 unspecified atom stereocenters. The summed E-state index contributed by atoms with van der Waals surface area (Å²) in [6, 6.07) is 12.8. The number of rotatable bonds is 11. The zero-order chi connectivity index (χ0) is 20.2. The summed E-state index contributed by atoms with van der Waals surface area (Å²) < 4.78 is 17.5. The van der Waals surface area contributed by atoms with Crippen LogP contribution in [0.25, 0.3) is 0 Å². The molecule has 2 aromatic rings. The second kappa shape index (κ2) is 12.0. The summed E-state index contributed by atoms with van der Waals surface area (Å²) in [7, 11) is 0. The minimum atomic E-state index is -0.354. The third-order valence-corrected chi connectivity index (χ3v) is 4.12. The van der Waals surface area contributed by atoms with E-state index in [0.717, 1.165) is 28.6 Å². The first-order chi connectivity index (χ1) is 13.6. The summed E-state index contributed by atoms with van der Waals surface area (Å²) in [4.78, 5) is 11.9. The van der Waals surface area contributed by atoms with E-state index in [4.69, 9.17) is 14.2 Å². The van der Waals surface area contributed by atoms with Crippen LogP contribution in [-0.2, 0) is 4.79 Å². The second-order valence-corrected chi connectivity index (χ2v) is 6.79. The Balaban J connectivity index is 1.80. The molecular formula is C21H25BrN2O4. The van der Waals surface area contributed by atoms with Gasteiger partial charge in [0.2, 0.25) is 0 Å². The fraction of sp³-hybridized carbons (Fsp3) is 0.333. The van der Waals surface area contributed by atoms with E-state index in [1.165, 1.54) is 6.21 Å². The van der Waals surface area contributed by atoms with Crippen molar-refractivity contribution in [3.05, 3.63) is 52.5 Å². The first-order valence-electron chi connectivity index (χ1n) is 9.22. The molecule has 0 radical (unpaired) electrons. The Bertz CT molecular complexity index is 778. The van der Waals surface area contributed by atoms with Crippen LogP contribution in [0.15, 0.2) is 52.0 Å². The van der Waals surface area contributed by atoms with Crippen molar-refractivity contribution in [3.63, 3.8) is 0 Å². The quantitative estimate of drug-likeness (QED) is 0.310. The Kier molecular flexibility index (Phi) is 9.34. The highest BCUT2D eigenvalue weighted by Crippen LogP contribution is 2.21. The lowest BCUT2D eigenvalue weighted by atomic mass is 10.2. The number of hydrogen-bond acceptors (Lipinski definition) is 5. The lowest BCUT2D eigenvalue weighted by Gasteiger charge is -2.08. The largest absolute Gasteiger partial charge is 0.494 e. The third kappa shape index (κ3) is 7.60. The molecule has 0 atom stereocenters. The highest BCUT2D eigenvalue weighted by Gasteiger charge is 2.04. The standard InChI is InChI=1S/C21H25BrN2O4/c1-3-5-12-27-18-7-9-19(10-8-18)28-15-21(25)24-23-14-16-13-17(22)6-11-20(16)26-4-2/h6-11,13-14H,3-5,12,15H2,1-2H3,(H,24,25)/b23-14-. The molecule has 0 aliphatic carbocycles. The molecule has 0 bridgehead atoms. The van der Waals surface area contributed by atoms with Gasteiger partial charge in [-0.1, -0.05) is 29.3 Å². The molecule has 28 heavy (non-hydrogen) atoms. The molecule has 0 saturated carbocycles. The van der Waals surface area contributed by atoms with Crippen molar-refractivity contribution in [3.8, 4) is 17.2 Å². The normalized spacial score (nSPS) is 10.7. The molecule has 7 heteroatoms. The number of carbonyl (C=O) groups is 1. The number of amides is 1. The molecule has 0 aliphatic rings. The van der Waals surface area contributed by atoms with Crippen molar-refractivity contribution >= 4 is 28.1 Å². The average Bonchev–Trinajstić information content (AvgIpc) is 2.70. The molecular weight excluding hydrogens is 424 g/mol. The van der Waals surface area contributed by atoms with Crippen molar-refractivity contribution in [1.29, 1.82) is 0 Å². The van der Waals surface area contributed by atoms with Gasteiger partial charge in [-0.05, 0) is 55.8 Å². The number of unbranched alkanes of at least 4 members (excludes halogenated alkanes) is 1. The molecule has 2 rings (SSSR count). The molecule has 0 aliphatic heterocycles. The number of hydrazone groups is 1. The number of nitrogens with one attached hydrogen (secondary N) is 1. The van der Waals surface area contributed by atoms with E-state index in [1.54, 1.807) is 12.1 Å². The van der Waals surface area contributed by atoms with Gasteiger partial charge in [0.15, 0.2) is 6.61 Å². The minimum absolute atomic E-state index is 0.135. The van der Waals surface area contributed by atoms with E-state index in [2.05, 4.69) is 33.4 Å². The van der Waals surface area contributed by atoms with Gasteiger partial charge in [-0.2, -0.15) is 5.10 Å². The Morgan fingerprint density at radius 1 is 1.07 bits per heavy atom. The number of carbonyl (C=O) groups excluding carboxylic acids is 1. The van der Waals surface area contributed by atoms with Gasteiger partial charge in [-0.15, -0.1) is 0 Å². The highest BCUT2D eigenvalue weighted by molar-refractivity contribution is 9.10. The van der Waals surface area contributed by atoms with Crippen LogP contribution >= 0.6 is 15.9 Å². The van der Waals surface area contributed by atoms with Gasteiger partial charge in [0.25, 0.3) is 5.91 Å². The fourth-order valence-electron chi connectivity index (χ4n) is 2.23. The van der Waals surface area contributed by atoms with Gasteiger partial charge in [-0.25, -0.2) is 5.43 Å². The summed E-state index contributed by atoms with van der Waals surface area (Å²) in [6.07, 6.45) is 3.65. The predicted molar refractivity (Wildman–Crippen MR) is 113 cm³/mol. The van der Waals surface area contributed by atoms with Gasteiger partial charge in [0.1, 0.15) is 17.2 Å². The lowest BCUT2D eigenvalue weighted by Crippen LogP contribution is -2.24. The Morgan fingerprint density at radius 3 is 2.46 bits per heavy atom. The maximum atomic E-state index is 11.9. The number of nitrogens with zero attached hydrogens (tertiary/aromatic N) is 1. The molecule has 0 fully saturated rings. The molecule has 6 nitrogen and oxygen atoms in total. The maximum absolute atomic E-state index is 11.9. The van der Waals surface area contributed by atoms with Crippen LogP contribution in [-0.4, -0.2) is 31.9 Å². The molecule has 0 spiro atoms. The highest BCUT2D eigenvalue weighted by atomic mass is 79.9. The number of benzene rings is 2. The van der Waals surface area contributed by atoms with Gasteiger partial charge in [0.05, 0.1) is 19.4 Å². The van der Waals surface area contributed by atoms with Gasteiger partial charge >= 0.3 is 0 Å². The third-order valence-electron chi connectivity index (χ3n) is 3.62. The van der Waals surface area contributed by atoms with E-state index in [0.29, 0.717) is 24.7 Å². The van der Waals surface area contributed by atoms with Crippen LogP contribution in [0.5, 0.6) is 17.2 Å². The molecule has 1 N–H and O–H groups in total.